The van der Waals surface area contributed by atoms with Gasteiger partial charge in [0.15, 0.2) is 5.78 Å². The predicted molar refractivity (Wildman–Crippen MR) is 86.4 cm³/mol. The first kappa shape index (κ1) is 18.3. The standard InChI is InChI=1S/C18H20O8/c1-9-17(8-10(26-9)7-13(20)24-2)15(21)14-11(5-4-6-12(14)19)18(17,23)16(22)25-3/h4-6,9-10,19,23H,7-8H2,1-3H3/t9-,10+,17+,18-/m0/s1. The highest BCUT2D eigenvalue weighted by atomic mass is 16.5. The first-order chi connectivity index (χ1) is 12.2. The zero-order valence-electron chi connectivity index (χ0n) is 14.6. The highest BCUT2D eigenvalue weighted by Gasteiger charge is 2.73. The van der Waals surface area contributed by atoms with Crippen LogP contribution in [0.1, 0.15) is 35.7 Å². The largest absolute Gasteiger partial charge is 0.507 e. The third-order valence-corrected chi connectivity index (χ3v) is 5.45. The smallest absolute Gasteiger partial charge is 0.343 e. The molecule has 2 aliphatic rings. The molecule has 0 unspecified atom stereocenters. The molecule has 0 radical (unpaired) electrons. The SMILES string of the molecule is COC(=O)C[C@@H]1C[C@]2(C(=O)c3c(O)cccc3[C@]2(O)C(=O)OC)[C@H](C)O1. The van der Waals surface area contributed by atoms with E-state index in [9.17, 15) is 24.6 Å². The first-order valence-corrected chi connectivity index (χ1v) is 8.14. The maximum absolute atomic E-state index is 13.3. The Morgan fingerprint density at radius 3 is 2.62 bits per heavy atom. The molecule has 0 aromatic heterocycles. The Hall–Kier alpha value is -2.45. The number of phenolic OH excluding ortho intramolecular Hbond substituents is 1. The number of methoxy groups -OCH3 is 2. The zero-order valence-corrected chi connectivity index (χ0v) is 14.6. The summed E-state index contributed by atoms with van der Waals surface area (Å²) in [5, 5.41) is 21.6. The lowest BCUT2D eigenvalue weighted by Gasteiger charge is -2.37. The Kier molecular flexibility index (Phi) is 4.28. The van der Waals surface area contributed by atoms with Gasteiger partial charge in [-0.25, -0.2) is 4.79 Å². The molecule has 1 saturated heterocycles. The number of Topliss-reactive ketones (excluding diaryl/α,β-unsaturated/α-hetero) is 1. The Bertz CT molecular complexity index is 787. The van der Waals surface area contributed by atoms with Crippen LogP contribution in [0.3, 0.4) is 0 Å². The lowest BCUT2D eigenvalue weighted by atomic mass is 9.66. The van der Waals surface area contributed by atoms with Crippen LogP contribution in [0.25, 0.3) is 0 Å². The monoisotopic (exact) mass is 364 g/mol. The van der Waals surface area contributed by atoms with E-state index < -0.39 is 40.9 Å². The third kappa shape index (κ3) is 2.12. The summed E-state index contributed by atoms with van der Waals surface area (Å²) >= 11 is 0. The summed E-state index contributed by atoms with van der Waals surface area (Å²) in [4.78, 5) is 37.5. The van der Waals surface area contributed by atoms with E-state index in [4.69, 9.17) is 9.47 Å². The van der Waals surface area contributed by atoms with Gasteiger partial charge in [-0.05, 0) is 19.4 Å². The van der Waals surface area contributed by atoms with Gasteiger partial charge >= 0.3 is 11.9 Å². The highest BCUT2D eigenvalue weighted by Crippen LogP contribution is 2.60. The van der Waals surface area contributed by atoms with Gasteiger partial charge in [-0.1, -0.05) is 12.1 Å². The van der Waals surface area contributed by atoms with Gasteiger partial charge in [0.25, 0.3) is 0 Å². The van der Waals surface area contributed by atoms with E-state index in [1.54, 1.807) is 6.92 Å². The van der Waals surface area contributed by atoms with Crippen molar-refractivity contribution in [3.8, 4) is 5.75 Å². The maximum atomic E-state index is 13.3. The van der Waals surface area contributed by atoms with E-state index in [0.717, 1.165) is 7.11 Å². The van der Waals surface area contributed by atoms with E-state index in [0.29, 0.717) is 0 Å². The quantitative estimate of drug-likeness (QED) is 0.752. The molecule has 140 valence electrons. The first-order valence-electron chi connectivity index (χ1n) is 8.14. The maximum Gasteiger partial charge on any atom is 0.343 e. The molecule has 1 aromatic rings. The molecular weight excluding hydrogens is 344 g/mol. The molecule has 1 heterocycles. The molecule has 8 nitrogen and oxygen atoms in total. The Morgan fingerprint density at radius 1 is 1.31 bits per heavy atom. The second kappa shape index (κ2) is 6.07. The number of ether oxygens (including phenoxy) is 3. The summed E-state index contributed by atoms with van der Waals surface area (Å²) in [6.07, 6.45) is -1.85. The number of ketones is 1. The van der Waals surface area contributed by atoms with Crippen LogP contribution < -0.4 is 0 Å². The van der Waals surface area contributed by atoms with Crippen LogP contribution in [0.2, 0.25) is 0 Å². The predicted octanol–water partition coefficient (Wildman–Crippen LogP) is 0.676. The number of phenols is 1. The molecule has 1 spiro atoms. The fourth-order valence-electron chi connectivity index (χ4n) is 4.23. The zero-order chi connectivity index (χ0) is 19.3. The molecule has 4 atom stereocenters. The Labute approximate surface area is 149 Å². The van der Waals surface area contributed by atoms with Gasteiger partial charge in [-0.15, -0.1) is 0 Å². The van der Waals surface area contributed by atoms with Crippen LogP contribution >= 0.6 is 0 Å². The number of aromatic hydroxyl groups is 1. The van der Waals surface area contributed by atoms with Gasteiger partial charge in [0.1, 0.15) is 11.2 Å². The van der Waals surface area contributed by atoms with Crippen LogP contribution in [-0.2, 0) is 29.4 Å². The lowest BCUT2D eigenvalue weighted by molar-refractivity contribution is -0.179. The normalized spacial score (nSPS) is 32.5. The topological polar surface area (TPSA) is 119 Å². The molecule has 8 heteroatoms. The van der Waals surface area contributed by atoms with Crippen molar-refractivity contribution in [3.63, 3.8) is 0 Å². The van der Waals surface area contributed by atoms with E-state index in [2.05, 4.69) is 4.74 Å². The van der Waals surface area contributed by atoms with Gasteiger partial charge < -0.3 is 24.4 Å². The van der Waals surface area contributed by atoms with Crippen molar-refractivity contribution in [1.82, 2.24) is 0 Å². The molecule has 0 amide bonds. The molecule has 26 heavy (non-hydrogen) atoms. The second-order valence-electron chi connectivity index (χ2n) is 6.59. The lowest BCUT2D eigenvalue weighted by Crippen LogP contribution is -2.55. The van der Waals surface area contributed by atoms with Crippen LogP contribution in [0.5, 0.6) is 5.75 Å². The summed E-state index contributed by atoms with van der Waals surface area (Å²) < 4.78 is 15.1. The van der Waals surface area contributed by atoms with Gasteiger partial charge in [0.05, 0.1) is 38.4 Å². The summed E-state index contributed by atoms with van der Waals surface area (Å²) in [7, 11) is 2.33. The van der Waals surface area contributed by atoms with Crippen LogP contribution in [0.15, 0.2) is 18.2 Å². The summed E-state index contributed by atoms with van der Waals surface area (Å²) in [5.41, 5.74) is -4.20. The van der Waals surface area contributed by atoms with E-state index >= 15 is 0 Å². The second-order valence-corrected chi connectivity index (χ2v) is 6.59. The number of carbonyl (C=O) groups is 3. The minimum atomic E-state index is -2.34. The molecule has 2 N–H and O–H groups in total. The van der Waals surface area contributed by atoms with Crippen molar-refractivity contribution in [1.29, 1.82) is 0 Å². The van der Waals surface area contributed by atoms with E-state index in [-0.39, 0.29) is 29.7 Å². The number of carbonyl (C=O) groups excluding carboxylic acids is 3. The fourth-order valence-corrected chi connectivity index (χ4v) is 4.23. The van der Waals surface area contributed by atoms with Crippen molar-refractivity contribution >= 4 is 17.7 Å². The third-order valence-electron chi connectivity index (χ3n) is 5.45. The van der Waals surface area contributed by atoms with Crippen molar-refractivity contribution in [2.45, 2.75) is 37.6 Å². The van der Waals surface area contributed by atoms with Gasteiger partial charge in [0.2, 0.25) is 5.60 Å². The average molecular weight is 364 g/mol. The van der Waals surface area contributed by atoms with Crippen LogP contribution in [-0.4, -0.2) is 54.4 Å². The number of hydrogen-bond acceptors (Lipinski definition) is 8. The minimum absolute atomic E-state index is 0.0245. The molecular formula is C18H20O8. The number of hydrogen-bond donors (Lipinski definition) is 2. The molecule has 1 fully saturated rings. The van der Waals surface area contributed by atoms with Crippen molar-refractivity contribution in [3.05, 3.63) is 29.3 Å². The molecule has 1 aliphatic heterocycles. The van der Waals surface area contributed by atoms with Gasteiger partial charge in [-0.2, -0.15) is 0 Å². The summed E-state index contributed by atoms with van der Waals surface area (Å²) in [5.74, 6) is -2.51. The number of aliphatic hydroxyl groups is 1. The highest BCUT2D eigenvalue weighted by molar-refractivity contribution is 6.13. The molecule has 0 bridgehead atoms. The molecule has 1 aromatic carbocycles. The van der Waals surface area contributed by atoms with Crippen molar-refractivity contribution in [2.24, 2.45) is 5.41 Å². The molecule has 1 aliphatic carbocycles. The number of fused-ring (bicyclic) bond motifs is 1. The van der Waals surface area contributed by atoms with Gasteiger partial charge in [0, 0.05) is 5.56 Å². The average Bonchev–Trinajstić information content (AvgIpc) is 3.05. The number of benzene rings is 1. The minimum Gasteiger partial charge on any atom is -0.507 e. The summed E-state index contributed by atoms with van der Waals surface area (Å²) in [6.45, 7) is 1.55. The fraction of sp³-hybridized carbons (Fsp3) is 0.500. The number of rotatable bonds is 3. The van der Waals surface area contributed by atoms with Crippen molar-refractivity contribution in [2.75, 3.05) is 14.2 Å². The van der Waals surface area contributed by atoms with Crippen LogP contribution in [0.4, 0.5) is 0 Å². The van der Waals surface area contributed by atoms with Gasteiger partial charge in [-0.3, -0.25) is 9.59 Å². The molecule has 3 rings (SSSR count). The number of esters is 2. The molecule has 0 saturated carbocycles. The van der Waals surface area contributed by atoms with E-state index in [1.807, 2.05) is 0 Å². The van der Waals surface area contributed by atoms with E-state index in [1.165, 1.54) is 25.3 Å². The Balaban J connectivity index is 2.17. The van der Waals surface area contributed by atoms with Crippen LogP contribution in [0, 0.1) is 5.41 Å². The van der Waals surface area contributed by atoms with Crippen molar-refractivity contribution < 1.29 is 38.8 Å². The Morgan fingerprint density at radius 2 is 2.00 bits per heavy atom. The summed E-state index contributed by atoms with van der Waals surface area (Å²) in [6, 6.07) is 4.14.